The van der Waals surface area contributed by atoms with E-state index in [0.717, 1.165) is 18.4 Å². The van der Waals surface area contributed by atoms with Crippen LogP contribution in [0.15, 0.2) is 51.7 Å². The largest absolute Gasteiger partial charge is 0.450 e. The Morgan fingerprint density at radius 2 is 1.90 bits per heavy atom. The van der Waals surface area contributed by atoms with Crippen LogP contribution >= 0.6 is 0 Å². The van der Waals surface area contributed by atoms with Gasteiger partial charge in [0.05, 0.1) is 23.1 Å². The standard InChI is InChI=1S/C25H24FNO4/c1-14(2)15-5-7-16(8-6-15)22-21-23(28)19-12-17(26)9-10-20(19)31-24(21)25(29)27(22)13-18-4-3-11-30-18/h5-10,12,14,18,22H,3-4,11,13H2,1-2H3/t18-,22-/m1/s1. The fourth-order valence-electron chi connectivity index (χ4n) is 4.60. The van der Waals surface area contributed by atoms with Crippen LogP contribution in [-0.4, -0.2) is 30.1 Å². The molecule has 3 aromatic rings. The second-order valence-electron chi connectivity index (χ2n) is 8.63. The number of hydrogen-bond acceptors (Lipinski definition) is 4. The first-order chi connectivity index (χ1) is 14.9. The van der Waals surface area contributed by atoms with E-state index in [1.165, 1.54) is 23.8 Å². The van der Waals surface area contributed by atoms with Crippen molar-refractivity contribution in [3.63, 3.8) is 0 Å². The lowest BCUT2D eigenvalue weighted by Crippen LogP contribution is -2.36. The van der Waals surface area contributed by atoms with Crippen LogP contribution in [0.3, 0.4) is 0 Å². The van der Waals surface area contributed by atoms with E-state index in [1.807, 2.05) is 24.3 Å². The Balaban J connectivity index is 1.68. The highest BCUT2D eigenvalue weighted by Gasteiger charge is 2.43. The van der Waals surface area contributed by atoms with Gasteiger partial charge in [-0.1, -0.05) is 38.1 Å². The van der Waals surface area contributed by atoms with E-state index in [9.17, 15) is 14.0 Å². The molecule has 2 aliphatic heterocycles. The van der Waals surface area contributed by atoms with Crippen LogP contribution in [0.4, 0.5) is 4.39 Å². The number of rotatable bonds is 4. The minimum atomic E-state index is -0.586. The number of halogens is 1. The van der Waals surface area contributed by atoms with Gasteiger partial charge in [0, 0.05) is 13.2 Å². The minimum absolute atomic E-state index is 0.0417. The first kappa shape index (κ1) is 19.9. The van der Waals surface area contributed by atoms with Crippen LogP contribution < -0.4 is 5.43 Å². The van der Waals surface area contributed by atoms with Gasteiger partial charge in [0.2, 0.25) is 5.76 Å². The molecule has 2 atom stereocenters. The molecule has 0 spiro atoms. The summed E-state index contributed by atoms with van der Waals surface area (Å²) in [5, 5.41) is 0.148. The zero-order valence-corrected chi connectivity index (χ0v) is 17.6. The third-order valence-electron chi connectivity index (χ3n) is 6.27. The Hall–Kier alpha value is -2.99. The summed E-state index contributed by atoms with van der Waals surface area (Å²) in [7, 11) is 0. The predicted octanol–water partition coefficient (Wildman–Crippen LogP) is 4.78. The van der Waals surface area contributed by atoms with Gasteiger partial charge in [0.25, 0.3) is 5.91 Å². The van der Waals surface area contributed by atoms with Crippen molar-refractivity contribution in [2.75, 3.05) is 13.2 Å². The second-order valence-corrected chi connectivity index (χ2v) is 8.63. The van der Waals surface area contributed by atoms with Crippen molar-refractivity contribution < 1.29 is 18.3 Å². The van der Waals surface area contributed by atoms with Crippen molar-refractivity contribution in [3.8, 4) is 0 Å². The number of ether oxygens (including phenoxy) is 1. The van der Waals surface area contributed by atoms with Gasteiger partial charge in [0.15, 0.2) is 5.43 Å². The molecule has 1 amide bonds. The second kappa shape index (κ2) is 7.61. The minimum Gasteiger partial charge on any atom is -0.450 e. The van der Waals surface area contributed by atoms with E-state index in [-0.39, 0.29) is 39.7 Å². The molecule has 6 heteroatoms. The number of amides is 1. The van der Waals surface area contributed by atoms with Gasteiger partial charge >= 0.3 is 0 Å². The summed E-state index contributed by atoms with van der Waals surface area (Å²) in [6.45, 7) is 5.28. The Bertz CT molecular complexity index is 1210. The van der Waals surface area contributed by atoms with Crippen molar-refractivity contribution in [2.24, 2.45) is 0 Å². The number of fused-ring (bicyclic) bond motifs is 2. The maximum absolute atomic E-state index is 13.9. The molecule has 1 saturated heterocycles. The number of carbonyl (C=O) groups is 1. The molecule has 0 aliphatic carbocycles. The lowest BCUT2D eigenvalue weighted by Gasteiger charge is -2.27. The lowest BCUT2D eigenvalue weighted by atomic mass is 9.95. The third kappa shape index (κ3) is 3.35. The monoisotopic (exact) mass is 421 g/mol. The Morgan fingerprint density at radius 1 is 1.13 bits per heavy atom. The summed E-state index contributed by atoms with van der Waals surface area (Å²) in [6.07, 6.45) is 1.75. The molecule has 0 bridgehead atoms. The molecule has 5 rings (SSSR count). The van der Waals surface area contributed by atoms with Crippen molar-refractivity contribution in [1.82, 2.24) is 4.90 Å². The van der Waals surface area contributed by atoms with E-state index < -0.39 is 11.9 Å². The van der Waals surface area contributed by atoms with Crippen LogP contribution in [0, 0.1) is 5.82 Å². The Kier molecular flexibility index (Phi) is 4.89. The molecule has 2 aromatic carbocycles. The summed E-state index contributed by atoms with van der Waals surface area (Å²) in [6, 6.07) is 11.2. The van der Waals surface area contributed by atoms with E-state index in [2.05, 4.69) is 13.8 Å². The van der Waals surface area contributed by atoms with Gasteiger partial charge in [-0.05, 0) is 48.1 Å². The topological polar surface area (TPSA) is 59.8 Å². The van der Waals surface area contributed by atoms with Gasteiger partial charge in [-0.3, -0.25) is 9.59 Å². The van der Waals surface area contributed by atoms with Crippen molar-refractivity contribution >= 4 is 16.9 Å². The summed E-state index contributed by atoms with van der Waals surface area (Å²) >= 11 is 0. The van der Waals surface area contributed by atoms with Crippen LogP contribution in [-0.2, 0) is 4.74 Å². The molecule has 0 saturated carbocycles. The summed E-state index contributed by atoms with van der Waals surface area (Å²) < 4.78 is 25.5. The first-order valence-electron chi connectivity index (χ1n) is 10.7. The molecule has 1 aromatic heterocycles. The van der Waals surface area contributed by atoms with Crippen molar-refractivity contribution in [2.45, 2.75) is 44.8 Å². The summed E-state index contributed by atoms with van der Waals surface area (Å²) in [5.74, 6) is -0.434. The molecule has 0 radical (unpaired) electrons. The van der Waals surface area contributed by atoms with E-state index >= 15 is 0 Å². The highest BCUT2D eigenvalue weighted by Crippen LogP contribution is 2.39. The normalized spacial score (nSPS) is 20.8. The van der Waals surface area contributed by atoms with Gasteiger partial charge in [-0.15, -0.1) is 0 Å². The van der Waals surface area contributed by atoms with E-state index in [1.54, 1.807) is 4.90 Å². The quantitative estimate of drug-likeness (QED) is 0.608. The highest BCUT2D eigenvalue weighted by atomic mass is 19.1. The Morgan fingerprint density at radius 3 is 2.58 bits per heavy atom. The average molecular weight is 421 g/mol. The zero-order chi connectivity index (χ0) is 21.7. The molecule has 160 valence electrons. The van der Waals surface area contributed by atoms with E-state index in [4.69, 9.17) is 9.15 Å². The Labute approximate surface area is 179 Å². The molecule has 1 fully saturated rings. The average Bonchev–Trinajstić information content (AvgIpc) is 3.36. The maximum atomic E-state index is 13.9. The van der Waals surface area contributed by atoms with Crippen LogP contribution in [0.25, 0.3) is 11.0 Å². The molecule has 31 heavy (non-hydrogen) atoms. The molecular weight excluding hydrogens is 397 g/mol. The molecular formula is C25H24FNO4. The molecule has 5 nitrogen and oxygen atoms in total. The molecule has 0 unspecified atom stereocenters. The van der Waals surface area contributed by atoms with Gasteiger partial charge < -0.3 is 14.1 Å². The number of benzene rings is 2. The maximum Gasteiger partial charge on any atom is 0.291 e. The van der Waals surface area contributed by atoms with Crippen LogP contribution in [0.1, 0.15) is 65.9 Å². The summed E-state index contributed by atoms with van der Waals surface area (Å²) in [4.78, 5) is 28.5. The zero-order valence-electron chi connectivity index (χ0n) is 17.6. The van der Waals surface area contributed by atoms with Gasteiger partial charge in [-0.2, -0.15) is 0 Å². The lowest BCUT2D eigenvalue weighted by molar-refractivity contribution is 0.0486. The SMILES string of the molecule is CC(C)c1ccc([C@@H]2c3c(oc4ccc(F)cc4c3=O)C(=O)N2C[C@H]2CCCO2)cc1. The smallest absolute Gasteiger partial charge is 0.291 e. The fraction of sp³-hybridized carbons (Fsp3) is 0.360. The highest BCUT2D eigenvalue weighted by molar-refractivity contribution is 5.99. The molecule has 2 aliphatic rings. The fourth-order valence-corrected chi connectivity index (χ4v) is 4.60. The third-order valence-corrected chi connectivity index (χ3v) is 6.27. The number of hydrogen-bond donors (Lipinski definition) is 0. The van der Waals surface area contributed by atoms with Crippen molar-refractivity contribution in [1.29, 1.82) is 0 Å². The van der Waals surface area contributed by atoms with E-state index in [0.29, 0.717) is 19.1 Å². The number of carbonyl (C=O) groups excluding carboxylic acids is 1. The molecule has 0 N–H and O–H groups in total. The van der Waals surface area contributed by atoms with Gasteiger partial charge in [-0.25, -0.2) is 4.39 Å². The van der Waals surface area contributed by atoms with Gasteiger partial charge in [0.1, 0.15) is 11.4 Å². The number of nitrogens with zero attached hydrogens (tertiary/aromatic N) is 1. The molecule has 3 heterocycles. The van der Waals surface area contributed by atoms with Crippen LogP contribution in [0.2, 0.25) is 0 Å². The van der Waals surface area contributed by atoms with Crippen molar-refractivity contribution in [3.05, 3.63) is 81.0 Å². The first-order valence-corrected chi connectivity index (χ1v) is 10.7. The predicted molar refractivity (Wildman–Crippen MR) is 115 cm³/mol. The van der Waals surface area contributed by atoms with Crippen LogP contribution in [0.5, 0.6) is 0 Å². The summed E-state index contributed by atoms with van der Waals surface area (Å²) in [5.41, 5.74) is 2.13.